The first-order chi connectivity index (χ1) is 20.6. The lowest BCUT2D eigenvalue weighted by Crippen LogP contribution is -2.38. The molecule has 0 bridgehead atoms. The molecule has 1 heterocycles. The molecule has 0 aliphatic heterocycles. The average molecular weight is 719 g/mol. The Bertz CT molecular complexity index is 1400. The summed E-state index contributed by atoms with van der Waals surface area (Å²) in [5, 5.41) is -0.348. The first-order valence-electron chi connectivity index (χ1n) is 16.4. The summed E-state index contributed by atoms with van der Waals surface area (Å²) >= 11 is 0. The topological polar surface area (TPSA) is 140 Å². The number of hydrogen-bond donors (Lipinski definition) is 0. The van der Waals surface area contributed by atoms with Gasteiger partial charge in [0.25, 0.3) is 0 Å². The quantitative estimate of drug-likeness (QED) is 0.108. The number of aromatic nitrogens is 2. The first-order valence-corrected chi connectivity index (χ1v) is 23.9. The number of fused-ring (bicyclic) bond motifs is 1. The normalized spacial score (nSPS) is 14.7. The van der Waals surface area contributed by atoms with Gasteiger partial charge in [0.2, 0.25) is 0 Å². The number of hydrogen-bond acceptors (Lipinski definition) is 8. The van der Waals surface area contributed by atoms with E-state index in [1.54, 1.807) is 0 Å². The van der Waals surface area contributed by atoms with E-state index < -0.39 is 34.8 Å². The number of para-hydroxylation sites is 2. The minimum Gasteiger partial charge on any atom is -0.748 e. The molecule has 46 heavy (non-hydrogen) atoms. The van der Waals surface area contributed by atoms with Crippen LogP contribution in [0.4, 0.5) is 0 Å². The minimum atomic E-state index is -4.28. The van der Waals surface area contributed by atoms with Gasteiger partial charge < -0.3 is 9.11 Å². The third kappa shape index (κ3) is 10.4. The molecule has 12 heteroatoms. The monoisotopic (exact) mass is 718 g/mol. The van der Waals surface area contributed by atoms with Crippen molar-refractivity contribution in [2.45, 2.75) is 142 Å². The van der Waals surface area contributed by atoms with E-state index in [-0.39, 0.29) is 32.1 Å². The lowest BCUT2D eigenvalue weighted by atomic mass is 10.2. The third-order valence-electron chi connectivity index (χ3n) is 10.1. The van der Waals surface area contributed by atoms with Crippen molar-refractivity contribution in [1.82, 2.24) is 9.97 Å². The fraction of sp³-hybridized carbons (Fsp3) is 0.765. The van der Waals surface area contributed by atoms with Crippen LogP contribution < -0.4 is 0 Å². The summed E-state index contributed by atoms with van der Waals surface area (Å²) in [5.74, 6) is -0.694. The van der Waals surface area contributed by atoms with Gasteiger partial charge in [0.1, 0.15) is 23.7 Å². The van der Waals surface area contributed by atoms with Crippen molar-refractivity contribution in [2.24, 2.45) is 0 Å². The first kappa shape index (κ1) is 41.4. The minimum absolute atomic E-state index is 0.0870. The SMILES string of the molecule is CC(C)(C)[P+](CCCCS(=O)(=O)[O-])(Cc1nc2ccccc2nc1C[P+](CCCCS(=O)(=O)[O-])(C(C)(C)C)C(C)(C)C)C(C)(C)C. The zero-order valence-electron chi connectivity index (χ0n) is 30.4. The molecule has 0 radical (unpaired) electrons. The number of benzene rings is 1. The molecule has 0 saturated carbocycles. The van der Waals surface area contributed by atoms with Crippen molar-refractivity contribution in [1.29, 1.82) is 0 Å². The van der Waals surface area contributed by atoms with Gasteiger partial charge in [0.15, 0.2) is 0 Å². The van der Waals surface area contributed by atoms with Crippen LogP contribution in [0.25, 0.3) is 11.0 Å². The van der Waals surface area contributed by atoms with Gasteiger partial charge in [-0.2, -0.15) is 0 Å². The molecule has 0 atom stereocenters. The van der Waals surface area contributed by atoms with Gasteiger partial charge in [0, 0.05) is 26.0 Å². The van der Waals surface area contributed by atoms with Crippen LogP contribution in [-0.4, -0.2) is 80.4 Å². The van der Waals surface area contributed by atoms with Crippen molar-refractivity contribution >= 4 is 45.8 Å². The van der Waals surface area contributed by atoms with E-state index in [0.717, 1.165) is 47.1 Å². The Morgan fingerprint density at radius 3 is 1.07 bits per heavy atom. The summed E-state index contributed by atoms with van der Waals surface area (Å²) in [6, 6.07) is 7.96. The Balaban J connectivity index is 2.80. The second-order valence-electron chi connectivity index (χ2n) is 16.9. The Kier molecular flexibility index (Phi) is 13.2. The summed E-state index contributed by atoms with van der Waals surface area (Å²) in [4.78, 5) is 10.7. The molecule has 0 fully saturated rings. The molecule has 8 nitrogen and oxygen atoms in total. The Morgan fingerprint density at radius 2 is 0.826 bits per heavy atom. The standard InChI is InChI=1S/C34H60N2O6P2S2/c1-31(2,3)43(32(4,5)6,21-15-17-23-45(37,38)39)25-29-30(36-28-20-14-13-19-27(28)35-29)26-44(33(7,8)9,34(10,11)12)22-16-18-24-46(40,41)42/h13-14,19-20H,15-18,21-26H2,1-12H3. The van der Waals surface area contributed by atoms with Gasteiger partial charge >= 0.3 is 0 Å². The van der Waals surface area contributed by atoms with Gasteiger partial charge in [-0.1, -0.05) is 12.1 Å². The summed E-state index contributed by atoms with van der Waals surface area (Å²) < 4.78 is 68.6. The molecule has 264 valence electrons. The van der Waals surface area contributed by atoms with E-state index in [0.29, 0.717) is 25.7 Å². The van der Waals surface area contributed by atoms with Crippen LogP contribution in [0.3, 0.4) is 0 Å². The van der Waals surface area contributed by atoms with Gasteiger partial charge in [-0.15, -0.1) is 0 Å². The molecule has 1 aromatic heterocycles. The van der Waals surface area contributed by atoms with E-state index >= 15 is 0 Å². The molecule has 0 aliphatic carbocycles. The molecule has 0 amide bonds. The predicted molar refractivity (Wildman–Crippen MR) is 197 cm³/mol. The van der Waals surface area contributed by atoms with Gasteiger partial charge in [-0.3, -0.25) is 0 Å². The van der Waals surface area contributed by atoms with Crippen LogP contribution in [0.1, 0.15) is 120 Å². The molecule has 0 unspecified atom stereocenters. The van der Waals surface area contributed by atoms with Crippen molar-refractivity contribution in [3.63, 3.8) is 0 Å². The molecule has 0 N–H and O–H groups in total. The summed E-state index contributed by atoms with van der Waals surface area (Å²) in [6.45, 7) is 27.5. The Labute approximate surface area is 281 Å². The zero-order valence-corrected chi connectivity index (χ0v) is 33.9. The van der Waals surface area contributed by atoms with Crippen molar-refractivity contribution in [3.8, 4) is 0 Å². The number of rotatable bonds is 14. The third-order valence-corrected chi connectivity index (χ3v) is 25.8. The predicted octanol–water partition coefficient (Wildman–Crippen LogP) is 8.51. The average Bonchev–Trinajstić information content (AvgIpc) is 2.83. The highest BCUT2D eigenvalue weighted by atomic mass is 32.2. The lowest BCUT2D eigenvalue weighted by molar-refractivity contribution is 0.458. The number of unbranched alkanes of at least 4 members (excludes halogenated alkanes) is 2. The smallest absolute Gasteiger partial charge is 0.104 e. The largest absolute Gasteiger partial charge is 0.748 e. The maximum absolute atomic E-state index is 11.4. The summed E-state index contributed by atoms with van der Waals surface area (Å²) in [5.41, 5.74) is 3.67. The van der Waals surface area contributed by atoms with Gasteiger partial charge in [-0.05, 0) is 121 Å². The fourth-order valence-electron chi connectivity index (χ4n) is 7.62. The van der Waals surface area contributed by atoms with Gasteiger partial charge in [0.05, 0.1) is 64.2 Å². The van der Waals surface area contributed by atoms with E-state index in [1.165, 1.54) is 0 Å². The van der Waals surface area contributed by atoms with Crippen LogP contribution in [0.2, 0.25) is 0 Å². The highest BCUT2D eigenvalue weighted by molar-refractivity contribution is 7.86. The van der Waals surface area contributed by atoms with Crippen LogP contribution in [-0.2, 0) is 32.6 Å². The fourth-order valence-corrected chi connectivity index (χ4v) is 20.7. The molecule has 2 rings (SSSR count). The second kappa shape index (κ2) is 14.6. The Hall–Kier alpha value is -0.760. The molecular formula is C34H60N2O6P2S2. The summed E-state index contributed by atoms with van der Waals surface area (Å²) in [6.07, 6.45) is 5.18. The van der Waals surface area contributed by atoms with E-state index in [1.807, 2.05) is 24.3 Å². The second-order valence-corrected chi connectivity index (χ2v) is 30.7. The molecule has 0 spiro atoms. The van der Waals surface area contributed by atoms with E-state index in [2.05, 4.69) is 83.1 Å². The Morgan fingerprint density at radius 1 is 0.543 bits per heavy atom. The number of nitrogens with zero attached hydrogens (tertiary/aromatic N) is 2. The lowest BCUT2D eigenvalue weighted by Gasteiger charge is -2.49. The van der Waals surface area contributed by atoms with Crippen molar-refractivity contribution in [2.75, 3.05) is 23.8 Å². The van der Waals surface area contributed by atoms with Crippen LogP contribution in [0.15, 0.2) is 24.3 Å². The molecule has 0 saturated heterocycles. The van der Waals surface area contributed by atoms with Crippen LogP contribution >= 0.6 is 14.5 Å². The molecule has 0 aliphatic rings. The highest BCUT2D eigenvalue weighted by Gasteiger charge is 2.60. The molecule has 1 aromatic carbocycles. The van der Waals surface area contributed by atoms with E-state index in [4.69, 9.17) is 9.97 Å². The summed E-state index contributed by atoms with van der Waals surface area (Å²) in [7, 11) is -12.5. The van der Waals surface area contributed by atoms with Crippen LogP contribution in [0.5, 0.6) is 0 Å². The van der Waals surface area contributed by atoms with Gasteiger partial charge in [-0.25, -0.2) is 26.8 Å². The van der Waals surface area contributed by atoms with Crippen molar-refractivity contribution in [3.05, 3.63) is 35.7 Å². The van der Waals surface area contributed by atoms with Crippen molar-refractivity contribution < 1.29 is 25.9 Å². The highest BCUT2D eigenvalue weighted by Crippen LogP contribution is 2.80. The zero-order chi connectivity index (χ0) is 35.6. The van der Waals surface area contributed by atoms with E-state index in [9.17, 15) is 25.9 Å². The van der Waals surface area contributed by atoms with Crippen LogP contribution in [0, 0.1) is 0 Å². The molecule has 2 aromatic rings. The maximum Gasteiger partial charge on any atom is 0.104 e. The maximum atomic E-state index is 11.4. The molecular weight excluding hydrogens is 658 g/mol.